The highest BCUT2D eigenvalue weighted by atomic mass is 16.5. The Hall–Kier alpha value is -2.67. The Morgan fingerprint density at radius 1 is 1.33 bits per heavy atom. The number of nitrogens with one attached hydrogen (secondary N) is 1. The number of phenols is 1. The molecule has 3 heterocycles. The van der Waals surface area contributed by atoms with E-state index in [1.165, 1.54) is 6.33 Å². The highest BCUT2D eigenvalue weighted by molar-refractivity contribution is 5.73. The third-order valence-corrected chi connectivity index (χ3v) is 4.16. The van der Waals surface area contributed by atoms with Crippen LogP contribution in [-0.4, -0.2) is 31.2 Å². The average Bonchev–Trinajstić information content (AvgIpc) is 2.99. The molecule has 124 valence electrons. The van der Waals surface area contributed by atoms with E-state index in [0.29, 0.717) is 12.5 Å². The Morgan fingerprint density at radius 2 is 2.29 bits per heavy atom. The van der Waals surface area contributed by atoms with Gasteiger partial charge in [-0.1, -0.05) is 12.1 Å². The number of phenolic OH excluding ortho intramolecular Hbond substituents is 1. The topological polar surface area (TPSA) is 85.1 Å². The molecular formula is C17H19N5O2. The van der Waals surface area contributed by atoms with E-state index in [9.17, 15) is 5.11 Å². The molecule has 0 bridgehead atoms. The third kappa shape index (κ3) is 2.90. The molecule has 24 heavy (non-hydrogen) atoms. The minimum absolute atomic E-state index is 0.0645. The molecule has 1 fully saturated rings. The van der Waals surface area contributed by atoms with Gasteiger partial charge in [0.2, 0.25) is 5.95 Å². The van der Waals surface area contributed by atoms with Crippen molar-refractivity contribution in [2.75, 3.05) is 11.9 Å². The van der Waals surface area contributed by atoms with E-state index in [1.54, 1.807) is 18.3 Å². The van der Waals surface area contributed by atoms with Crippen molar-refractivity contribution in [3.05, 3.63) is 42.4 Å². The van der Waals surface area contributed by atoms with Crippen LogP contribution in [-0.2, 0) is 11.3 Å². The van der Waals surface area contributed by atoms with E-state index in [0.717, 1.165) is 42.6 Å². The smallest absolute Gasteiger partial charge is 0.207 e. The number of nitrogens with zero attached hydrogens (tertiary/aromatic N) is 4. The summed E-state index contributed by atoms with van der Waals surface area (Å²) in [5.41, 5.74) is 2.49. The lowest BCUT2D eigenvalue weighted by atomic mass is 10.2. The van der Waals surface area contributed by atoms with Gasteiger partial charge in [0.1, 0.15) is 23.8 Å². The molecule has 4 rings (SSSR count). The molecule has 1 atom stereocenters. The average molecular weight is 325 g/mol. The van der Waals surface area contributed by atoms with Crippen molar-refractivity contribution in [1.29, 1.82) is 0 Å². The highest BCUT2D eigenvalue weighted by Crippen LogP contribution is 2.29. The van der Waals surface area contributed by atoms with E-state index in [4.69, 9.17) is 4.74 Å². The van der Waals surface area contributed by atoms with Crippen LogP contribution in [0.2, 0.25) is 0 Å². The van der Waals surface area contributed by atoms with E-state index in [2.05, 4.69) is 20.3 Å². The first-order valence-corrected chi connectivity index (χ1v) is 8.12. The summed E-state index contributed by atoms with van der Waals surface area (Å²) in [5.74, 6) is 0.963. The van der Waals surface area contributed by atoms with Crippen molar-refractivity contribution in [3.8, 4) is 5.75 Å². The Balaban J connectivity index is 1.66. The van der Waals surface area contributed by atoms with Crippen molar-refractivity contribution >= 4 is 17.1 Å². The summed E-state index contributed by atoms with van der Waals surface area (Å²) in [6.07, 6.45) is 6.33. The number of fused-ring (bicyclic) bond motifs is 1. The number of hydrogen-bond acceptors (Lipinski definition) is 6. The van der Waals surface area contributed by atoms with Gasteiger partial charge in [-0.25, -0.2) is 15.0 Å². The van der Waals surface area contributed by atoms with Crippen LogP contribution in [0.3, 0.4) is 0 Å². The van der Waals surface area contributed by atoms with Crippen LogP contribution in [0.4, 0.5) is 5.95 Å². The molecule has 0 spiro atoms. The normalized spacial score (nSPS) is 17.9. The lowest BCUT2D eigenvalue weighted by Crippen LogP contribution is -2.20. The maximum Gasteiger partial charge on any atom is 0.207 e. The van der Waals surface area contributed by atoms with Crippen LogP contribution < -0.4 is 5.32 Å². The van der Waals surface area contributed by atoms with Crippen LogP contribution in [0.15, 0.2) is 36.8 Å². The molecule has 2 aromatic heterocycles. The van der Waals surface area contributed by atoms with E-state index >= 15 is 0 Å². The highest BCUT2D eigenvalue weighted by Gasteiger charge is 2.22. The first-order chi connectivity index (χ1) is 11.8. The summed E-state index contributed by atoms with van der Waals surface area (Å²) in [5, 5.41) is 12.9. The molecule has 1 aromatic carbocycles. The number of benzene rings is 1. The van der Waals surface area contributed by atoms with Crippen LogP contribution in [0, 0.1) is 0 Å². The van der Waals surface area contributed by atoms with Crippen molar-refractivity contribution in [1.82, 2.24) is 19.5 Å². The number of hydrogen-bond donors (Lipinski definition) is 2. The summed E-state index contributed by atoms with van der Waals surface area (Å²) < 4.78 is 7.94. The summed E-state index contributed by atoms with van der Waals surface area (Å²) >= 11 is 0. The van der Waals surface area contributed by atoms with Gasteiger partial charge < -0.3 is 15.2 Å². The van der Waals surface area contributed by atoms with Gasteiger partial charge in [-0.15, -0.1) is 0 Å². The minimum Gasteiger partial charge on any atom is -0.508 e. The molecule has 0 amide bonds. The zero-order valence-electron chi connectivity index (χ0n) is 13.2. The number of aromatic hydroxyl groups is 1. The van der Waals surface area contributed by atoms with Crippen LogP contribution in [0.25, 0.3) is 11.2 Å². The molecule has 1 saturated heterocycles. The zero-order valence-corrected chi connectivity index (χ0v) is 13.2. The second-order valence-electron chi connectivity index (χ2n) is 5.88. The zero-order chi connectivity index (χ0) is 16.4. The number of imidazole rings is 1. The first kappa shape index (κ1) is 14.9. The Kier molecular flexibility index (Phi) is 4.00. The lowest BCUT2D eigenvalue weighted by Gasteiger charge is -2.25. The fourth-order valence-corrected chi connectivity index (χ4v) is 3.02. The molecule has 3 aromatic rings. The van der Waals surface area contributed by atoms with E-state index in [1.807, 2.05) is 16.7 Å². The minimum atomic E-state index is -0.0645. The molecule has 1 unspecified atom stereocenters. The van der Waals surface area contributed by atoms with Crippen LogP contribution in [0.1, 0.15) is 31.1 Å². The predicted molar refractivity (Wildman–Crippen MR) is 89.6 cm³/mol. The molecule has 0 radical (unpaired) electrons. The van der Waals surface area contributed by atoms with Crippen molar-refractivity contribution in [2.24, 2.45) is 0 Å². The number of anilines is 1. The summed E-state index contributed by atoms with van der Waals surface area (Å²) in [7, 11) is 0. The van der Waals surface area contributed by atoms with Gasteiger partial charge in [0, 0.05) is 13.2 Å². The molecule has 1 aliphatic heterocycles. The number of ether oxygens (including phenoxy) is 1. The van der Waals surface area contributed by atoms with Crippen molar-refractivity contribution in [2.45, 2.75) is 32.0 Å². The fraction of sp³-hybridized carbons (Fsp3) is 0.353. The maximum absolute atomic E-state index is 9.60. The maximum atomic E-state index is 9.60. The number of aromatic nitrogens is 4. The van der Waals surface area contributed by atoms with Gasteiger partial charge in [0.05, 0.1) is 6.20 Å². The molecule has 0 aliphatic carbocycles. The van der Waals surface area contributed by atoms with Crippen molar-refractivity contribution < 1.29 is 9.84 Å². The van der Waals surface area contributed by atoms with Gasteiger partial charge in [-0.3, -0.25) is 4.57 Å². The number of rotatable bonds is 4. The summed E-state index contributed by atoms with van der Waals surface area (Å²) in [6.45, 7) is 1.30. The van der Waals surface area contributed by atoms with Crippen LogP contribution >= 0.6 is 0 Å². The first-order valence-electron chi connectivity index (χ1n) is 8.12. The lowest BCUT2D eigenvalue weighted by molar-refractivity contribution is -0.0285. The molecular weight excluding hydrogens is 306 g/mol. The Morgan fingerprint density at radius 3 is 3.12 bits per heavy atom. The van der Waals surface area contributed by atoms with E-state index < -0.39 is 0 Å². The monoisotopic (exact) mass is 325 g/mol. The van der Waals surface area contributed by atoms with Gasteiger partial charge in [0.15, 0.2) is 5.65 Å². The largest absolute Gasteiger partial charge is 0.508 e. The summed E-state index contributed by atoms with van der Waals surface area (Å²) in [4.78, 5) is 13.0. The second kappa shape index (κ2) is 6.45. The van der Waals surface area contributed by atoms with E-state index in [-0.39, 0.29) is 12.0 Å². The fourth-order valence-electron chi connectivity index (χ4n) is 3.02. The third-order valence-electron chi connectivity index (χ3n) is 4.16. The standard InChI is InChI=1S/C17H19N5O2/c23-13-5-3-4-12(8-13)9-19-17-21-14-10-18-11-20-16(14)22(17)15-6-1-2-7-24-15/h3-5,8,10-11,15,23H,1-2,6-7,9H2,(H,19,21). The van der Waals surface area contributed by atoms with Gasteiger partial charge in [-0.05, 0) is 37.0 Å². The predicted octanol–water partition coefficient (Wildman–Crippen LogP) is 2.84. The van der Waals surface area contributed by atoms with Crippen LogP contribution in [0.5, 0.6) is 5.75 Å². The molecule has 0 saturated carbocycles. The summed E-state index contributed by atoms with van der Waals surface area (Å²) in [6, 6.07) is 7.17. The molecule has 2 N–H and O–H groups in total. The van der Waals surface area contributed by atoms with Gasteiger partial charge >= 0.3 is 0 Å². The van der Waals surface area contributed by atoms with Crippen molar-refractivity contribution in [3.63, 3.8) is 0 Å². The van der Waals surface area contributed by atoms with Gasteiger partial charge in [-0.2, -0.15) is 0 Å². The quantitative estimate of drug-likeness (QED) is 0.767. The second-order valence-corrected chi connectivity index (χ2v) is 5.88. The molecule has 1 aliphatic rings. The Labute approximate surface area is 139 Å². The molecule has 7 heteroatoms. The SMILES string of the molecule is Oc1cccc(CNc2nc3cncnc3n2C2CCCCO2)c1. The molecule has 7 nitrogen and oxygen atoms in total. The van der Waals surface area contributed by atoms with Gasteiger partial charge in [0.25, 0.3) is 0 Å². The Bertz CT molecular complexity index is 842.